The number of halogens is 1. The zero-order chi connectivity index (χ0) is 16.1. The molecule has 1 fully saturated rings. The first kappa shape index (κ1) is 17.4. The van der Waals surface area contributed by atoms with Gasteiger partial charge in [0.25, 0.3) is 0 Å². The molecule has 3 atom stereocenters. The van der Waals surface area contributed by atoms with E-state index in [9.17, 15) is 17.9 Å². The van der Waals surface area contributed by atoms with Gasteiger partial charge in [0.2, 0.25) is 17.2 Å². The van der Waals surface area contributed by atoms with Crippen molar-refractivity contribution in [2.24, 2.45) is 0 Å². The second-order valence-corrected chi connectivity index (χ2v) is 6.84. The summed E-state index contributed by atoms with van der Waals surface area (Å²) in [4.78, 5) is 12.3. The molecule has 2 rings (SSSR count). The van der Waals surface area contributed by atoms with Crippen molar-refractivity contribution < 1.29 is 23.1 Å². The van der Waals surface area contributed by atoms with Gasteiger partial charge in [-0.05, 0) is 24.1 Å². The Kier molecular flexibility index (Phi) is 6.33. The van der Waals surface area contributed by atoms with Crippen molar-refractivity contribution in [3.05, 3.63) is 35.6 Å². The number of rotatable bonds is 6. The molecule has 1 aliphatic rings. The van der Waals surface area contributed by atoms with Gasteiger partial charge in [0.05, 0.1) is 6.04 Å². The van der Waals surface area contributed by atoms with Gasteiger partial charge in [-0.25, -0.2) is 8.60 Å². The third-order valence-electron chi connectivity index (χ3n) is 3.28. The van der Waals surface area contributed by atoms with Crippen LogP contribution in [0.5, 0.6) is 0 Å². The Morgan fingerprint density at radius 2 is 2.18 bits per heavy atom. The molecule has 122 valence electrons. The van der Waals surface area contributed by atoms with Gasteiger partial charge in [-0.1, -0.05) is 12.1 Å². The summed E-state index contributed by atoms with van der Waals surface area (Å²) in [5.41, 5.74) is 0.670. The summed E-state index contributed by atoms with van der Waals surface area (Å²) >= 11 is -0.922. The molecular weight excluding hydrogens is 331 g/mol. The quantitative estimate of drug-likeness (QED) is 0.664. The van der Waals surface area contributed by atoms with E-state index in [1.165, 1.54) is 28.2 Å². The number of benzene rings is 1. The van der Waals surface area contributed by atoms with Gasteiger partial charge in [-0.2, -0.15) is 4.31 Å². The molecule has 1 saturated heterocycles. The monoisotopic (exact) mass is 348 g/mol. The predicted octanol–water partition coefficient (Wildman–Crippen LogP) is 0.877. The summed E-state index contributed by atoms with van der Waals surface area (Å²) in [7, 11) is 0. The third-order valence-corrected chi connectivity index (χ3v) is 5.41. The number of carbonyl (C=O) groups excluding carboxylic acids is 1. The lowest BCUT2D eigenvalue weighted by molar-refractivity contribution is -0.123. The third kappa shape index (κ3) is 4.26. The van der Waals surface area contributed by atoms with Crippen LogP contribution < -0.4 is 5.32 Å². The molecule has 0 aliphatic carbocycles. The van der Waals surface area contributed by atoms with Crippen LogP contribution in [0.2, 0.25) is 0 Å². The van der Waals surface area contributed by atoms with E-state index in [-0.39, 0.29) is 18.8 Å². The van der Waals surface area contributed by atoms with Crippen LogP contribution in [0.4, 0.5) is 4.39 Å². The van der Waals surface area contributed by atoms with Crippen LogP contribution >= 0.6 is 11.8 Å². The Morgan fingerprint density at radius 3 is 2.77 bits per heavy atom. The fraction of sp³-hybridized carbons (Fsp3) is 0.462. The number of aliphatic hydroxyl groups is 1. The molecule has 0 aromatic heterocycles. The van der Waals surface area contributed by atoms with Crippen LogP contribution in [0.25, 0.3) is 0 Å². The van der Waals surface area contributed by atoms with Crippen LogP contribution in [-0.2, 0) is 16.1 Å². The van der Waals surface area contributed by atoms with Gasteiger partial charge in [0.1, 0.15) is 11.2 Å². The van der Waals surface area contributed by atoms with Crippen LogP contribution in [0, 0.1) is 5.82 Å². The topological polar surface area (TPSA) is 89.9 Å². The van der Waals surface area contributed by atoms with E-state index in [1.807, 2.05) is 0 Å². The molecular formula is C13H17FN2O4S2. The largest absolute Gasteiger partial charge is 0.396 e. The average Bonchev–Trinajstić information content (AvgIpc) is 2.97. The molecule has 0 spiro atoms. The summed E-state index contributed by atoms with van der Waals surface area (Å²) in [5.74, 6) is -0.190. The van der Waals surface area contributed by atoms with Crippen molar-refractivity contribution in [3.8, 4) is 0 Å². The maximum absolute atomic E-state index is 13.0. The van der Waals surface area contributed by atoms with E-state index >= 15 is 0 Å². The number of hydrogen-bond donors (Lipinski definition) is 3. The molecule has 1 heterocycles. The van der Waals surface area contributed by atoms with Crippen molar-refractivity contribution in [2.75, 3.05) is 18.9 Å². The summed E-state index contributed by atoms with van der Waals surface area (Å²) in [5, 5.41) is 11.1. The summed E-state index contributed by atoms with van der Waals surface area (Å²) in [6.07, 6.45) is 0.275. The Morgan fingerprint density at radius 1 is 1.50 bits per heavy atom. The molecule has 1 aliphatic heterocycles. The van der Waals surface area contributed by atoms with Crippen molar-refractivity contribution in [3.63, 3.8) is 0 Å². The molecule has 0 radical (unpaired) electrons. The first-order valence-corrected chi connectivity index (χ1v) is 8.80. The van der Waals surface area contributed by atoms with E-state index in [0.717, 1.165) is 0 Å². The number of hydrogen-bond acceptors (Lipinski definition) is 4. The molecule has 1 aromatic carbocycles. The lowest BCUT2D eigenvalue weighted by Gasteiger charge is -2.23. The Hall–Kier alpha value is -1.00. The minimum atomic E-state index is -2.20. The van der Waals surface area contributed by atoms with E-state index in [2.05, 4.69) is 5.32 Å². The first-order chi connectivity index (χ1) is 10.5. The summed E-state index contributed by atoms with van der Waals surface area (Å²) in [6, 6.07) is 5.17. The van der Waals surface area contributed by atoms with Gasteiger partial charge in [0, 0.05) is 18.9 Å². The number of nitrogens with one attached hydrogen (secondary N) is 1. The van der Waals surface area contributed by atoms with Gasteiger partial charge in [-0.3, -0.25) is 9.35 Å². The number of thioether (sulfide) groups is 1. The van der Waals surface area contributed by atoms with E-state index in [1.54, 1.807) is 12.1 Å². The Labute approximate surface area is 134 Å². The highest BCUT2D eigenvalue weighted by atomic mass is 32.2. The highest BCUT2D eigenvalue weighted by Crippen LogP contribution is 2.26. The molecule has 1 aromatic rings. The standard InChI is InChI=1S/C13H17FN2O4S2/c14-10-3-1-9(2-4-10)11(5-7-17)15-12(18)13-16(22(19)20)6-8-21-13/h1-4,11,13,17H,5-8H2,(H,15,18)(H,19,20)/t11-,13-/m0/s1. The number of aliphatic hydroxyl groups excluding tert-OH is 1. The second-order valence-electron chi connectivity index (χ2n) is 4.72. The normalized spacial score (nSPS) is 21.5. The first-order valence-electron chi connectivity index (χ1n) is 6.69. The average molecular weight is 348 g/mol. The predicted molar refractivity (Wildman–Crippen MR) is 82.7 cm³/mol. The van der Waals surface area contributed by atoms with Crippen molar-refractivity contribution in [1.82, 2.24) is 9.62 Å². The van der Waals surface area contributed by atoms with Gasteiger partial charge >= 0.3 is 0 Å². The van der Waals surface area contributed by atoms with Crippen molar-refractivity contribution in [1.29, 1.82) is 0 Å². The zero-order valence-corrected chi connectivity index (χ0v) is 13.3. The maximum Gasteiger partial charge on any atom is 0.249 e. The molecule has 9 heteroatoms. The Balaban J connectivity index is 2.08. The van der Waals surface area contributed by atoms with Gasteiger partial charge in [0.15, 0.2) is 0 Å². The molecule has 1 unspecified atom stereocenters. The molecule has 22 heavy (non-hydrogen) atoms. The molecule has 0 saturated carbocycles. The fourth-order valence-corrected chi connectivity index (χ4v) is 4.25. The molecule has 1 amide bonds. The minimum absolute atomic E-state index is 0.143. The number of amides is 1. The summed E-state index contributed by atoms with van der Waals surface area (Å²) in [6.45, 7) is 0.211. The zero-order valence-electron chi connectivity index (χ0n) is 11.6. The lowest BCUT2D eigenvalue weighted by atomic mass is 10.0. The number of nitrogens with zero attached hydrogens (tertiary/aromatic N) is 1. The van der Waals surface area contributed by atoms with Crippen LogP contribution in [0.3, 0.4) is 0 Å². The smallest absolute Gasteiger partial charge is 0.249 e. The SMILES string of the molecule is O=C(N[C@@H](CCO)c1ccc(F)cc1)[C@@H]1SCCN1S(=O)O. The van der Waals surface area contributed by atoms with Gasteiger partial charge in [-0.15, -0.1) is 11.8 Å². The van der Waals surface area contributed by atoms with Gasteiger partial charge < -0.3 is 10.4 Å². The van der Waals surface area contributed by atoms with Crippen LogP contribution in [0.1, 0.15) is 18.0 Å². The second kappa shape index (κ2) is 8.02. The number of carbonyl (C=O) groups is 1. The fourth-order valence-electron chi connectivity index (χ4n) is 2.21. The molecule has 6 nitrogen and oxygen atoms in total. The lowest BCUT2D eigenvalue weighted by Crippen LogP contribution is -2.43. The highest BCUT2D eigenvalue weighted by molar-refractivity contribution is 8.01. The van der Waals surface area contributed by atoms with Crippen LogP contribution in [0.15, 0.2) is 24.3 Å². The molecule has 3 N–H and O–H groups in total. The van der Waals surface area contributed by atoms with Crippen molar-refractivity contribution in [2.45, 2.75) is 17.8 Å². The Bertz CT molecular complexity index is 543. The van der Waals surface area contributed by atoms with E-state index < -0.39 is 28.6 Å². The van der Waals surface area contributed by atoms with Crippen LogP contribution in [-0.4, -0.2) is 48.4 Å². The van der Waals surface area contributed by atoms with E-state index in [0.29, 0.717) is 17.9 Å². The maximum atomic E-state index is 13.0. The summed E-state index contributed by atoms with van der Waals surface area (Å²) < 4.78 is 34.5. The minimum Gasteiger partial charge on any atom is -0.396 e. The van der Waals surface area contributed by atoms with Crippen molar-refractivity contribution >= 4 is 28.9 Å². The highest BCUT2D eigenvalue weighted by Gasteiger charge is 2.35. The molecule has 0 bridgehead atoms. The van der Waals surface area contributed by atoms with E-state index in [4.69, 9.17) is 5.11 Å².